The molecule has 5 nitrogen and oxygen atoms in total. The van der Waals surface area contributed by atoms with Gasteiger partial charge in [-0.25, -0.2) is 12.8 Å². The first-order valence-electron chi connectivity index (χ1n) is 8.55. The van der Waals surface area contributed by atoms with Crippen molar-refractivity contribution in [2.24, 2.45) is 0 Å². The number of rotatable bonds is 6. The zero-order chi connectivity index (χ0) is 21.7. The van der Waals surface area contributed by atoms with Crippen LogP contribution in [0.2, 0.25) is 10.0 Å². The molecule has 9 heteroatoms. The van der Waals surface area contributed by atoms with E-state index in [1.54, 1.807) is 18.2 Å². The highest BCUT2D eigenvalue weighted by Crippen LogP contribution is 2.27. The second-order valence-corrected chi connectivity index (χ2v) is 8.66. The van der Waals surface area contributed by atoms with E-state index in [2.05, 4.69) is 10.0 Å². The van der Waals surface area contributed by atoms with Crippen LogP contribution in [0.3, 0.4) is 0 Å². The maximum atomic E-state index is 13.2. The molecule has 1 amide bonds. The summed E-state index contributed by atoms with van der Waals surface area (Å²) in [7, 11) is -3.92. The fourth-order valence-corrected chi connectivity index (χ4v) is 3.83. The molecule has 0 aliphatic heterocycles. The Labute approximate surface area is 183 Å². The largest absolute Gasteiger partial charge is 0.321 e. The Hall–Kier alpha value is -2.87. The summed E-state index contributed by atoms with van der Waals surface area (Å²) < 4.78 is 40.9. The molecule has 154 valence electrons. The van der Waals surface area contributed by atoms with Crippen molar-refractivity contribution in [1.29, 1.82) is 0 Å². The van der Waals surface area contributed by atoms with Crippen molar-refractivity contribution >= 4 is 56.6 Å². The third kappa shape index (κ3) is 5.82. The van der Waals surface area contributed by atoms with Crippen molar-refractivity contribution in [2.45, 2.75) is 4.90 Å². The highest BCUT2D eigenvalue weighted by molar-refractivity contribution is 7.92. The summed E-state index contributed by atoms with van der Waals surface area (Å²) in [6.07, 6.45) is 2.62. The van der Waals surface area contributed by atoms with E-state index < -0.39 is 21.7 Å². The zero-order valence-corrected chi connectivity index (χ0v) is 17.6. The first kappa shape index (κ1) is 21.8. The van der Waals surface area contributed by atoms with Crippen LogP contribution in [0, 0.1) is 5.82 Å². The van der Waals surface area contributed by atoms with Gasteiger partial charge in [0.25, 0.3) is 10.0 Å². The average Bonchev–Trinajstić information content (AvgIpc) is 2.69. The normalized spacial score (nSPS) is 11.4. The summed E-state index contributed by atoms with van der Waals surface area (Å²) in [6, 6.07) is 15.8. The fraction of sp³-hybridized carbons (Fsp3) is 0. The van der Waals surface area contributed by atoms with Crippen LogP contribution < -0.4 is 10.0 Å². The van der Waals surface area contributed by atoms with E-state index in [1.165, 1.54) is 60.7 Å². The topological polar surface area (TPSA) is 75.3 Å². The van der Waals surface area contributed by atoms with Crippen LogP contribution >= 0.6 is 23.2 Å². The van der Waals surface area contributed by atoms with Crippen molar-refractivity contribution in [3.8, 4) is 0 Å². The minimum atomic E-state index is -3.92. The van der Waals surface area contributed by atoms with E-state index in [4.69, 9.17) is 23.2 Å². The Morgan fingerprint density at radius 2 is 1.70 bits per heavy atom. The average molecular weight is 465 g/mol. The summed E-state index contributed by atoms with van der Waals surface area (Å²) in [5.74, 6) is -0.979. The van der Waals surface area contributed by atoms with Crippen LogP contribution in [0.5, 0.6) is 0 Å². The van der Waals surface area contributed by atoms with E-state index in [0.29, 0.717) is 16.3 Å². The van der Waals surface area contributed by atoms with Gasteiger partial charge in [-0.1, -0.05) is 35.3 Å². The molecular weight excluding hydrogens is 450 g/mol. The second kappa shape index (κ2) is 9.30. The van der Waals surface area contributed by atoms with Gasteiger partial charge in [-0.2, -0.15) is 0 Å². The number of anilines is 2. The number of carbonyl (C=O) groups excluding carboxylic acids is 1. The lowest BCUT2D eigenvalue weighted by atomic mass is 10.2. The molecule has 0 aliphatic rings. The number of halogens is 3. The molecule has 0 saturated carbocycles. The molecule has 0 radical (unpaired) electrons. The molecule has 2 N–H and O–H groups in total. The summed E-state index contributed by atoms with van der Waals surface area (Å²) in [5, 5.41) is 3.15. The molecule has 0 atom stereocenters. The van der Waals surface area contributed by atoms with Crippen LogP contribution in [0.15, 0.2) is 77.7 Å². The van der Waals surface area contributed by atoms with Crippen molar-refractivity contribution in [1.82, 2.24) is 0 Å². The molecule has 3 aromatic carbocycles. The number of benzene rings is 3. The summed E-state index contributed by atoms with van der Waals surface area (Å²) >= 11 is 11.9. The first-order valence-corrected chi connectivity index (χ1v) is 10.8. The lowest BCUT2D eigenvalue weighted by molar-refractivity contribution is -0.111. The molecule has 0 heterocycles. The molecule has 30 heavy (non-hydrogen) atoms. The van der Waals surface area contributed by atoms with Gasteiger partial charge in [0.1, 0.15) is 5.82 Å². The molecule has 0 aliphatic carbocycles. The smallest absolute Gasteiger partial charge is 0.261 e. The lowest BCUT2D eigenvalue weighted by Gasteiger charge is -2.11. The first-order chi connectivity index (χ1) is 14.2. The molecule has 0 unspecified atom stereocenters. The number of carbonyl (C=O) groups is 1. The zero-order valence-electron chi connectivity index (χ0n) is 15.3. The number of nitrogens with one attached hydrogen (secondary N) is 2. The molecular formula is C21H15Cl2FN2O3S. The fourth-order valence-electron chi connectivity index (χ4n) is 2.46. The van der Waals surface area contributed by atoms with Crippen molar-refractivity contribution in [2.75, 3.05) is 10.0 Å². The SMILES string of the molecule is O=C(C=Cc1cccc(F)c1)Nc1cc(S(=O)(=O)Nc2ccc(Cl)cc2)ccc1Cl. The predicted octanol–water partition coefficient (Wildman–Crippen LogP) is 5.59. The Kier molecular flexibility index (Phi) is 6.77. The van der Waals surface area contributed by atoms with Gasteiger partial charge in [0, 0.05) is 16.8 Å². The van der Waals surface area contributed by atoms with Gasteiger partial charge in [0.05, 0.1) is 15.6 Å². The number of hydrogen-bond donors (Lipinski definition) is 2. The van der Waals surface area contributed by atoms with Crippen LogP contribution in [0.1, 0.15) is 5.56 Å². The van der Waals surface area contributed by atoms with Gasteiger partial charge in [0.2, 0.25) is 5.91 Å². The van der Waals surface area contributed by atoms with E-state index in [-0.39, 0.29) is 15.6 Å². The van der Waals surface area contributed by atoms with E-state index in [1.807, 2.05) is 0 Å². The molecule has 0 aromatic heterocycles. The van der Waals surface area contributed by atoms with E-state index in [0.717, 1.165) is 0 Å². The summed E-state index contributed by atoms with van der Waals surface area (Å²) in [4.78, 5) is 12.1. The molecule has 0 saturated heterocycles. The van der Waals surface area contributed by atoms with Crippen molar-refractivity contribution in [3.05, 3.63) is 94.2 Å². The third-order valence-corrected chi connectivity index (χ3v) is 5.84. The van der Waals surface area contributed by atoms with E-state index >= 15 is 0 Å². The van der Waals surface area contributed by atoms with Crippen molar-refractivity contribution < 1.29 is 17.6 Å². The minimum Gasteiger partial charge on any atom is -0.321 e. The number of amides is 1. The van der Waals surface area contributed by atoms with E-state index in [9.17, 15) is 17.6 Å². The second-order valence-electron chi connectivity index (χ2n) is 6.13. The van der Waals surface area contributed by atoms with Gasteiger partial charge in [-0.3, -0.25) is 9.52 Å². The lowest BCUT2D eigenvalue weighted by Crippen LogP contribution is -2.14. The number of sulfonamides is 1. The van der Waals surface area contributed by atoms with Crippen LogP contribution in [-0.2, 0) is 14.8 Å². The van der Waals surface area contributed by atoms with Crippen LogP contribution in [0.25, 0.3) is 6.08 Å². The molecule has 3 rings (SSSR count). The maximum absolute atomic E-state index is 13.2. The Balaban J connectivity index is 1.77. The van der Waals surface area contributed by atoms with Crippen molar-refractivity contribution in [3.63, 3.8) is 0 Å². The third-order valence-electron chi connectivity index (χ3n) is 3.88. The number of hydrogen-bond acceptors (Lipinski definition) is 3. The highest BCUT2D eigenvalue weighted by atomic mass is 35.5. The van der Waals surface area contributed by atoms with Gasteiger partial charge in [0.15, 0.2) is 0 Å². The van der Waals surface area contributed by atoms with Gasteiger partial charge in [-0.15, -0.1) is 0 Å². The maximum Gasteiger partial charge on any atom is 0.261 e. The van der Waals surface area contributed by atoms with Crippen LogP contribution in [-0.4, -0.2) is 14.3 Å². The van der Waals surface area contributed by atoms with Gasteiger partial charge in [-0.05, 0) is 66.2 Å². The Morgan fingerprint density at radius 3 is 2.40 bits per heavy atom. The van der Waals surface area contributed by atoms with Gasteiger partial charge < -0.3 is 5.32 Å². The molecule has 0 spiro atoms. The monoisotopic (exact) mass is 464 g/mol. The van der Waals surface area contributed by atoms with Crippen LogP contribution in [0.4, 0.5) is 15.8 Å². The molecule has 3 aromatic rings. The predicted molar refractivity (Wildman–Crippen MR) is 118 cm³/mol. The Morgan fingerprint density at radius 1 is 0.967 bits per heavy atom. The Bertz CT molecular complexity index is 1210. The molecule has 0 bridgehead atoms. The summed E-state index contributed by atoms with van der Waals surface area (Å²) in [5.41, 5.74) is 0.947. The quantitative estimate of drug-likeness (QED) is 0.467. The highest BCUT2D eigenvalue weighted by Gasteiger charge is 2.17. The standard InChI is InChI=1S/C21H15Cl2FN2O3S/c22-15-5-7-17(8-6-15)26-30(28,29)18-9-10-19(23)20(13-18)25-21(27)11-4-14-2-1-3-16(24)12-14/h1-13,26H,(H,25,27). The van der Waals surface area contributed by atoms with Gasteiger partial charge >= 0.3 is 0 Å². The molecule has 0 fully saturated rings. The summed E-state index contributed by atoms with van der Waals surface area (Å²) in [6.45, 7) is 0. The minimum absolute atomic E-state index is 0.0914.